The number of amides is 1. The molecule has 0 bridgehead atoms. The molecule has 0 saturated carbocycles. The fourth-order valence-electron chi connectivity index (χ4n) is 2.41. The summed E-state index contributed by atoms with van der Waals surface area (Å²) in [4.78, 5) is 12.2. The maximum Gasteiger partial charge on any atom is 0.431 e. The van der Waals surface area contributed by atoms with E-state index in [2.05, 4.69) is 5.10 Å². The maximum absolute atomic E-state index is 12.9. The summed E-state index contributed by atoms with van der Waals surface area (Å²) in [6.07, 6.45) is -4.25. The Morgan fingerprint density at radius 3 is 2.62 bits per heavy atom. The molecule has 2 rings (SSSR count). The van der Waals surface area contributed by atoms with Crippen molar-refractivity contribution in [3.63, 3.8) is 0 Å². The normalized spacial score (nSPS) is 20.9. The van der Waals surface area contributed by atoms with Gasteiger partial charge < -0.3 is 9.84 Å². The number of rotatable bonds is 6. The van der Waals surface area contributed by atoms with E-state index < -0.39 is 36.5 Å². The van der Waals surface area contributed by atoms with Gasteiger partial charge in [-0.2, -0.15) is 23.3 Å². The quantitative estimate of drug-likeness (QED) is 0.863. The van der Waals surface area contributed by atoms with Crippen LogP contribution in [0.15, 0.2) is 35.4 Å². The van der Waals surface area contributed by atoms with E-state index in [1.54, 1.807) is 30.3 Å². The largest absolute Gasteiger partial charge is 0.484 e. The molecule has 1 N–H and O–H groups in total. The van der Waals surface area contributed by atoms with E-state index in [9.17, 15) is 23.1 Å². The fourth-order valence-corrected chi connectivity index (χ4v) is 2.41. The molecule has 1 aliphatic heterocycles. The van der Waals surface area contributed by atoms with Crippen LogP contribution in [0.4, 0.5) is 13.2 Å². The number of hydrazone groups is 1. The van der Waals surface area contributed by atoms with Crippen molar-refractivity contribution in [1.29, 1.82) is 0 Å². The predicted molar refractivity (Wildman–Crippen MR) is 81.4 cm³/mol. The number of carbonyl (C=O) groups excluding carboxylic acids is 1. The van der Waals surface area contributed by atoms with Gasteiger partial charge in [0.25, 0.3) is 5.91 Å². The molecule has 1 atom stereocenters. The van der Waals surface area contributed by atoms with Crippen molar-refractivity contribution in [2.45, 2.75) is 44.5 Å². The second-order valence-corrected chi connectivity index (χ2v) is 5.61. The Kier molecular flexibility index (Phi) is 5.48. The van der Waals surface area contributed by atoms with E-state index in [1.165, 1.54) is 0 Å². The monoisotopic (exact) mass is 344 g/mol. The summed E-state index contributed by atoms with van der Waals surface area (Å²) in [6.45, 7) is 1.33. The minimum absolute atomic E-state index is 0.0175. The Labute approximate surface area is 137 Å². The lowest BCUT2D eigenvalue weighted by Gasteiger charge is -2.31. The summed E-state index contributed by atoms with van der Waals surface area (Å²) in [7, 11) is 0. The average Bonchev–Trinajstić information content (AvgIpc) is 2.90. The maximum atomic E-state index is 12.9. The van der Waals surface area contributed by atoms with Crippen LogP contribution in [-0.2, 0) is 4.79 Å². The summed E-state index contributed by atoms with van der Waals surface area (Å²) < 4.78 is 44.0. The Balaban J connectivity index is 2.12. The zero-order valence-corrected chi connectivity index (χ0v) is 13.2. The Hall–Kier alpha value is -2.09. The zero-order valence-electron chi connectivity index (χ0n) is 13.2. The molecule has 1 amide bonds. The number of hydrogen-bond acceptors (Lipinski definition) is 4. The summed E-state index contributed by atoms with van der Waals surface area (Å²) in [6, 6.07) is 8.40. The molecule has 0 unspecified atom stereocenters. The van der Waals surface area contributed by atoms with Crippen LogP contribution in [0, 0.1) is 0 Å². The summed E-state index contributed by atoms with van der Waals surface area (Å²) in [5, 5.41) is 14.4. The van der Waals surface area contributed by atoms with Gasteiger partial charge >= 0.3 is 6.18 Å². The van der Waals surface area contributed by atoms with Gasteiger partial charge in [0.05, 0.1) is 0 Å². The third-order valence-electron chi connectivity index (χ3n) is 3.67. The van der Waals surface area contributed by atoms with E-state index in [1.807, 2.05) is 6.92 Å². The van der Waals surface area contributed by atoms with Crippen LogP contribution in [0.2, 0.25) is 0 Å². The van der Waals surface area contributed by atoms with Crippen molar-refractivity contribution < 1.29 is 27.8 Å². The first-order chi connectivity index (χ1) is 11.3. The second kappa shape index (κ2) is 7.21. The third-order valence-corrected chi connectivity index (χ3v) is 3.67. The Bertz CT molecular complexity index is 604. The van der Waals surface area contributed by atoms with Crippen molar-refractivity contribution in [1.82, 2.24) is 5.01 Å². The number of aliphatic hydroxyl groups is 1. The van der Waals surface area contributed by atoms with Crippen molar-refractivity contribution >= 4 is 11.6 Å². The van der Waals surface area contributed by atoms with Crippen molar-refractivity contribution in [3.05, 3.63) is 30.3 Å². The molecule has 1 heterocycles. The van der Waals surface area contributed by atoms with Gasteiger partial charge in [-0.05, 0) is 25.0 Å². The molecular weight excluding hydrogens is 325 g/mol. The molecule has 8 heteroatoms. The van der Waals surface area contributed by atoms with Crippen LogP contribution in [0.3, 0.4) is 0 Å². The highest BCUT2D eigenvalue weighted by molar-refractivity contribution is 5.94. The van der Waals surface area contributed by atoms with Gasteiger partial charge in [0.2, 0.25) is 0 Å². The molecule has 132 valence electrons. The molecule has 0 radical (unpaired) electrons. The lowest BCUT2D eigenvalue weighted by Crippen LogP contribution is -2.47. The molecule has 24 heavy (non-hydrogen) atoms. The zero-order chi connectivity index (χ0) is 17.8. The topological polar surface area (TPSA) is 62.1 Å². The van der Waals surface area contributed by atoms with Gasteiger partial charge in [-0.3, -0.25) is 4.79 Å². The number of halogens is 3. The van der Waals surface area contributed by atoms with Crippen LogP contribution in [0.5, 0.6) is 5.75 Å². The van der Waals surface area contributed by atoms with Crippen LogP contribution < -0.4 is 4.74 Å². The van der Waals surface area contributed by atoms with Gasteiger partial charge in [-0.15, -0.1) is 0 Å². The van der Waals surface area contributed by atoms with Crippen LogP contribution >= 0.6 is 0 Å². The van der Waals surface area contributed by atoms with Gasteiger partial charge in [-0.1, -0.05) is 31.5 Å². The second-order valence-electron chi connectivity index (χ2n) is 5.61. The van der Waals surface area contributed by atoms with Crippen LogP contribution in [-0.4, -0.2) is 40.2 Å². The van der Waals surface area contributed by atoms with E-state index in [-0.39, 0.29) is 6.42 Å². The third kappa shape index (κ3) is 4.25. The van der Waals surface area contributed by atoms with E-state index in [0.717, 1.165) is 0 Å². The van der Waals surface area contributed by atoms with Gasteiger partial charge in [0, 0.05) is 6.42 Å². The molecule has 1 aliphatic rings. The predicted octanol–water partition coefficient (Wildman–Crippen LogP) is 3.09. The minimum Gasteiger partial charge on any atom is -0.484 e. The molecule has 5 nitrogen and oxygen atoms in total. The standard InChI is InChI=1S/C16H19F3N2O3/c1-2-3-9-15(23)10-13(16(17,18)19)20-21(15)14(22)11-24-12-7-5-4-6-8-12/h4-8,23H,2-3,9-11H2,1H3/t15-/m1/s1. The highest BCUT2D eigenvalue weighted by Gasteiger charge is 2.51. The average molecular weight is 344 g/mol. The van der Waals surface area contributed by atoms with Crippen LogP contribution in [0.1, 0.15) is 32.6 Å². The fraction of sp³-hybridized carbons (Fsp3) is 0.500. The lowest BCUT2D eigenvalue weighted by molar-refractivity contribution is -0.159. The molecule has 0 aromatic heterocycles. The van der Waals surface area contributed by atoms with Crippen molar-refractivity contribution in [2.24, 2.45) is 5.10 Å². The molecular formula is C16H19F3N2O3. The van der Waals surface area contributed by atoms with Gasteiger partial charge in [-0.25, -0.2) is 0 Å². The molecule has 0 saturated heterocycles. The van der Waals surface area contributed by atoms with E-state index >= 15 is 0 Å². The molecule has 0 aliphatic carbocycles. The Morgan fingerprint density at radius 1 is 1.38 bits per heavy atom. The van der Waals surface area contributed by atoms with Crippen molar-refractivity contribution in [3.8, 4) is 5.75 Å². The smallest absolute Gasteiger partial charge is 0.431 e. The van der Waals surface area contributed by atoms with E-state index in [4.69, 9.17) is 4.74 Å². The molecule has 1 aromatic rings. The van der Waals surface area contributed by atoms with Crippen molar-refractivity contribution in [2.75, 3.05) is 6.61 Å². The number of para-hydroxylation sites is 1. The first kappa shape index (κ1) is 18.3. The van der Waals surface area contributed by atoms with Crippen LogP contribution in [0.25, 0.3) is 0 Å². The molecule has 0 fully saturated rings. The van der Waals surface area contributed by atoms with Gasteiger partial charge in [0.1, 0.15) is 11.5 Å². The van der Waals surface area contributed by atoms with E-state index in [0.29, 0.717) is 23.6 Å². The first-order valence-corrected chi connectivity index (χ1v) is 7.64. The summed E-state index contributed by atoms with van der Waals surface area (Å²) in [5.41, 5.74) is -3.12. The highest BCUT2D eigenvalue weighted by Crippen LogP contribution is 2.36. The molecule has 0 spiro atoms. The lowest BCUT2D eigenvalue weighted by atomic mass is 10.00. The minimum atomic E-state index is -4.69. The summed E-state index contributed by atoms with van der Waals surface area (Å²) >= 11 is 0. The highest BCUT2D eigenvalue weighted by atomic mass is 19.4. The number of benzene rings is 1. The SMILES string of the molecule is CCCC[C@@]1(O)CC(C(F)(F)F)=NN1C(=O)COc1ccccc1. The summed E-state index contributed by atoms with van der Waals surface area (Å²) in [5.74, 6) is -0.418. The number of hydrogen-bond donors (Lipinski definition) is 1. The molecule has 1 aromatic carbocycles. The number of ether oxygens (including phenoxy) is 1. The van der Waals surface area contributed by atoms with Gasteiger partial charge in [0.15, 0.2) is 12.3 Å². The first-order valence-electron chi connectivity index (χ1n) is 7.64. The number of nitrogens with zero attached hydrogens (tertiary/aromatic N) is 2. The number of unbranched alkanes of at least 4 members (excludes halogenated alkanes) is 1. The Morgan fingerprint density at radius 2 is 2.04 bits per heavy atom. The number of carbonyl (C=O) groups is 1. The number of alkyl halides is 3.